The third-order valence-corrected chi connectivity index (χ3v) is 3.43. The number of benzene rings is 1. The van der Waals surface area contributed by atoms with E-state index in [2.05, 4.69) is 19.2 Å². The fourth-order valence-corrected chi connectivity index (χ4v) is 2.58. The normalized spacial score (nSPS) is 24.0. The summed E-state index contributed by atoms with van der Waals surface area (Å²) in [5.74, 6) is 0.785. The quantitative estimate of drug-likeness (QED) is 0.885. The van der Waals surface area contributed by atoms with E-state index in [4.69, 9.17) is 0 Å². The Labute approximate surface area is 109 Å². The molecule has 0 radical (unpaired) electrons. The van der Waals surface area contributed by atoms with Crippen LogP contribution in [-0.2, 0) is 4.79 Å². The van der Waals surface area contributed by atoms with Crippen LogP contribution in [0.25, 0.3) is 0 Å². The van der Waals surface area contributed by atoms with Crippen LogP contribution in [0, 0.1) is 5.92 Å². The SMILES string of the molecule is CCN1C(=O)C(c2ccccc2)NC1CC(C)C. The van der Waals surface area contributed by atoms with Crippen LogP contribution in [0.4, 0.5) is 0 Å². The van der Waals surface area contributed by atoms with Crippen LogP contribution >= 0.6 is 0 Å². The van der Waals surface area contributed by atoms with E-state index in [-0.39, 0.29) is 18.1 Å². The summed E-state index contributed by atoms with van der Waals surface area (Å²) in [5, 5.41) is 3.47. The molecule has 1 heterocycles. The lowest BCUT2D eigenvalue weighted by Gasteiger charge is -2.23. The monoisotopic (exact) mass is 246 g/mol. The van der Waals surface area contributed by atoms with Crippen molar-refractivity contribution in [2.24, 2.45) is 5.92 Å². The second kappa shape index (κ2) is 5.53. The molecule has 0 aromatic heterocycles. The van der Waals surface area contributed by atoms with Gasteiger partial charge in [0.05, 0.1) is 6.17 Å². The Morgan fingerprint density at radius 1 is 1.28 bits per heavy atom. The van der Waals surface area contributed by atoms with Gasteiger partial charge in [0.25, 0.3) is 0 Å². The van der Waals surface area contributed by atoms with Gasteiger partial charge in [0, 0.05) is 6.54 Å². The fraction of sp³-hybridized carbons (Fsp3) is 0.533. The zero-order valence-electron chi connectivity index (χ0n) is 11.4. The number of carbonyl (C=O) groups is 1. The molecule has 98 valence electrons. The number of nitrogens with one attached hydrogen (secondary N) is 1. The van der Waals surface area contributed by atoms with Crippen molar-refractivity contribution in [3.05, 3.63) is 35.9 Å². The summed E-state index contributed by atoms with van der Waals surface area (Å²) in [6.45, 7) is 7.19. The third-order valence-electron chi connectivity index (χ3n) is 3.43. The molecule has 1 aliphatic rings. The standard InChI is InChI=1S/C15H22N2O/c1-4-17-13(10-11(2)3)16-14(15(17)18)12-8-6-5-7-9-12/h5-9,11,13-14,16H,4,10H2,1-3H3. The average Bonchev–Trinajstić information content (AvgIpc) is 2.66. The summed E-state index contributed by atoms with van der Waals surface area (Å²) in [6, 6.07) is 9.80. The van der Waals surface area contributed by atoms with Gasteiger partial charge in [-0.25, -0.2) is 0 Å². The Balaban J connectivity index is 2.18. The highest BCUT2D eigenvalue weighted by Gasteiger charge is 2.38. The Kier molecular flexibility index (Phi) is 4.02. The molecule has 0 bridgehead atoms. The van der Waals surface area contributed by atoms with E-state index in [9.17, 15) is 4.79 Å². The minimum absolute atomic E-state index is 0.171. The van der Waals surface area contributed by atoms with Crippen LogP contribution in [0.5, 0.6) is 0 Å². The van der Waals surface area contributed by atoms with Crippen molar-refractivity contribution in [2.45, 2.75) is 39.4 Å². The Morgan fingerprint density at radius 2 is 1.94 bits per heavy atom. The molecule has 1 aliphatic heterocycles. The first-order chi connectivity index (χ1) is 8.63. The molecule has 2 unspecified atom stereocenters. The van der Waals surface area contributed by atoms with Gasteiger partial charge in [0.1, 0.15) is 6.04 Å². The molecule has 0 spiro atoms. The van der Waals surface area contributed by atoms with Crippen molar-refractivity contribution in [3.8, 4) is 0 Å². The summed E-state index contributed by atoms with van der Waals surface area (Å²) in [5.41, 5.74) is 1.06. The molecule has 1 aromatic carbocycles. The van der Waals surface area contributed by atoms with E-state index < -0.39 is 0 Å². The summed E-state index contributed by atoms with van der Waals surface area (Å²) >= 11 is 0. The number of carbonyl (C=O) groups excluding carboxylic acids is 1. The minimum Gasteiger partial charge on any atom is -0.326 e. The highest BCUT2D eigenvalue weighted by Crippen LogP contribution is 2.26. The van der Waals surface area contributed by atoms with Crippen LogP contribution in [-0.4, -0.2) is 23.5 Å². The van der Waals surface area contributed by atoms with Crippen molar-refractivity contribution < 1.29 is 4.79 Å². The highest BCUT2D eigenvalue weighted by molar-refractivity contribution is 5.85. The van der Waals surface area contributed by atoms with E-state index in [1.165, 1.54) is 0 Å². The molecule has 1 amide bonds. The first kappa shape index (κ1) is 13.1. The summed E-state index contributed by atoms with van der Waals surface area (Å²) < 4.78 is 0. The molecule has 1 saturated heterocycles. The zero-order chi connectivity index (χ0) is 13.1. The minimum atomic E-state index is -0.171. The van der Waals surface area contributed by atoms with Gasteiger partial charge in [-0.2, -0.15) is 0 Å². The second-order valence-electron chi connectivity index (χ2n) is 5.28. The lowest BCUT2D eigenvalue weighted by atomic mass is 10.1. The summed E-state index contributed by atoms with van der Waals surface area (Å²) in [6.07, 6.45) is 1.18. The molecule has 3 heteroatoms. The van der Waals surface area contributed by atoms with Crippen LogP contribution in [0.3, 0.4) is 0 Å². The first-order valence-corrected chi connectivity index (χ1v) is 6.75. The van der Waals surface area contributed by atoms with Gasteiger partial charge in [-0.15, -0.1) is 0 Å². The number of rotatable bonds is 4. The number of likely N-dealkylation sites (N-methyl/N-ethyl adjacent to an activating group) is 1. The largest absolute Gasteiger partial charge is 0.326 e. The van der Waals surface area contributed by atoms with Gasteiger partial charge in [-0.1, -0.05) is 44.2 Å². The molecule has 0 aliphatic carbocycles. The molecule has 1 fully saturated rings. The van der Waals surface area contributed by atoms with Gasteiger partial charge in [0.15, 0.2) is 0 Å². The van der Waals surface area contributed by atoms with Crippen LogP contribution in [0.2, 0.25) is 0 Å². The van der Waals surface area contributed by atoms with E-state index >= 15 is 0 Å². The lowest BCUT2D eigenvalue weighted by Crippen LogP contribution is -2.38. The van der Waals surface area contributed by atoms with Crippen LogP contribution in [0.15, 0.2) is 30.3 Å². The van der Waals surface area contributed by atoms with E-state index in [1.54, 1.807) is 0 Å². The Bertz CT molecular complexity index is 402. The van der Waals surface area contributed by atoms with Gasteiger partial charge >= 0.3 is 0 Å². The number of hydrogen-bond acceptors (Lipinski definition) is 2. The maximum absolute atomic E-state index is 12.4. The van der Waals surface area contributed by atoms with Crippen molar-refractivity contribution in [3.63, 3.8) is 0 Å². The van der Waals surface area contributed by atoms with E-state index in [1.807, 2.05) is 42.2 Å². The molecule has 1 aromatic rings. The van der Waals surface area contributed by atoms with E-state index in [0.717, 1.165) is 18.5 Å². The predicted octanol–water partition coefficient (Wildman–Crippen LogP) is 2.55. The van der Waals surface area contributed by atoms with Crippen LogP contribution < -0.4 is 5.32 Å². The molecular formula is C15H22N2O. The molecular weight excluding hydrogens is 224 g/mol. The average molecular weight is 246 g/mol. The second-order valence-corrected chi connectivity index (χ2v) is 5.28. The zero-order valence-corrected chi connectivity index (χ0v) is 11.4. The predicted molar refractivity (Wildman–Crippen MR) is 72.9 cm³/mol. The summed E-state index contributed by atoms with van der Waals surface area (Å²) in [4.78, 5) is 14.3. The van der Waals surface area contributed by atoms with Crippen molar-refractivity contribution in [1.82, 2.24) is 10.2 Å². The first-order valence-electron chi connectivity index (χ1n) is 6.75. The van der Waals surface area contributed by atoms with Gasteiger partial charge in [-0.3, -0.25) is 10.1 Å². The van der Waals surface area contributed by atoms with Crippen molar-refractivity contribution in [2.75, 3.05) is 6.54 Å². The third kappa shape index (κ3) is 2.56. The molecule has 2 atom stereocenters. The Morgan fingerprint density at radius 3 is 2.50 bits per heavy atom. The number of hydrogen-bond donors (Lipinski definition) is 1. The molecule has 18 heavy (non-hydrogen) atoms. The molecule has 0 saturated carbocycles. The smallest absolute Gasteiger partial charge is 0.245 e. The highest BCUT2D eigenvalue weighted by atomic mass is 16.2. The Hall–Kier alpha value is -1.35. The van der Waals surface area contributed by atoms with Crippen molar-refractivity contribution >= 4 is 5.91 Å². The van der Waals surface area contributed by atoms with Gasteiger partial charge in [-0.05, 0) is 24.8 Å². The van der Waals surface area contributed by atoms with Gasteiger partial charge in [0.2, 0.25) is 5.91 Å². The number of nitrogens with zero attached hydrogens (tertiary/aromatic N) is 1. The van der Waals surface area contributed by atoms with Crippen LogP contribution in [0.1, 0.15) is 38.8 Å². The topological polar surface area (TPSA) is 32.3 Å². The summed E-state index contributed by atoms with van der Waals surface area (Å²) in [7, 11) is 0. The van der Waals surface area contributed by atoms with E-state index in [0.29, 0.717) is 5.92 Å². The van der Waals surface area contributed by atoms with Crippen molar-refractivity contribution in [1.29, 1.82) is 0 Å². The molecule has 3 nitrogen and oxygen atoms in total. The lowest BCUT2D eigenvalue weighted by molar-refractivity contribution is -0.130. The fourth-order valence-electron chi connectivity index (χ4n) is 2.58. The molecule has 2 rings (SSSR count). The number of amides is 1. The maximum atomic E-state index is 12.4. The van der Waals surface area contributed by atoms with Gasteiger partial charge < -0.3 is 4.90 Å². The maximum Gasteiger partial charge on any atom is 0.245 e. The molecule has 1 N–H and O–H groups in total.